The molecule has 1 amide bonds. The first-order valence-corrected chi connectivity index (χ1v) is 8.74. The van der Waals surface area contributed by atoms with Crippen LogP contribution in [-0.4, -0.2) is 43.7 Å². The average Bonchev–Trinajstić information content (AvgIpc) is 2.68. The summed E-state index contributed by atoms with van der Waals surface area (Å²) in [7, 11) is 0. The van der Waals surface area contributed by atoms with Crippen LogP contribution < -0.4 is 11.1 Å². The molecule has 2 aromatic rings. The summed E-state index contributed by atoms with van der Waals surface area (Å²) in [6.07, 6.45) is 1.01. The lowest BCUT2D eigenvalue weighted by Crippen LogP contribution is -2.37. The molecule has 5 heteroatoms. The van der Waals surface area contributed by atoms with Gasteiger partial charge in [0.25, 0.3) is 5.91 Å². The maximum absolute atomic E-state index is 12.3. The third-order valence-electron chi connectivity index (χ3n) is 4.48. The zero-order valence-electron chi connectivity index (χ0n) is 14.4. The van der Waals surface area contributed by atoms with E-state index in [2.05, 4.69) is 22.3 Å². The van der Waals surface area contributed by atoms with E-state index in [0.717, 1.165) is 50.5 Å². The highest BCUT2D eigenvalue weighted by Crippen LogP contribution is 2.13. The van der Waals surface area contributed by atoms with Crippen molar-refractivity contribution in [2.24, 2.45) is 5.73 Å². The normalized spacial score (nSPS) is 15.1. The second-order valence-electron chi connectivity index (χ2n) is 6.26. The van der Waals surface area contributed by atoms with E-state index >= 15 is 0 Å². The second kappa shape index (κ2) is 8.76. The zero-order valence-corrected chi connectivity index (χ0v) is 14.4. The van der Waals surface area contributed by atoms with Crippen LogP contribution in [0.1, 0.15) is 21.5 Å². The molecule has 0 aromatic heterocycles. The fraction of sp³-hybridized carbons (Fsp3) is 0.350. The molecule has 1 fully saturated rings. The minimum absolute atomic E-state index is 0.107. The number of carbonyl (C=O) groups is 1. The summed E-state index contributed by atoms with van der Waals surface area (Å²) in [6.45, 7) is 5.21. The van der Waals surface area contributed by atoms with E-state index in [4.69, 9.17) is 10.5 Å². The number of carbonyl (C=O) groups excluding carboxylic acids is 1. The van der Waals surface area contributed by atoms with Gasteiger partial charge in [0.2, 0.25) is 0 Å². The third-order valence-corrected chi connectivity index (χ3v) is 4.48. The van der Waals surface area contributed by atoms with Gasteiger partial charge in [-0.1, -0.05) is 24.3 Å². The minimum atomic E-state index is -0.107. The number of nitrogens with two attached hydrogens (primary N) is 1. The lowest BCUT2D eigenvalue weighted by molar-refractivity contribution is 0.0384. The molecule has 3 rings (SSSR count). The van der Waals surface area contributed by atoms with E-state index in [0.29, 0.717) is 12.1 Å². The number of ether oxygens (including phenoxy) is 1. The number of morpholine rings is 1. The monoisotopic (exact) mass is 339 g/mol. The first-order valence-electron chi connectivity index (χ1n) is 8.74. The van der Waals surface area contributed by atoms with Crippen molar-refractivity contribution < 1.29 is 9.53 Å². The van der Waals surface area contributed by atoms with Gasteiger partial charge in [-0.3, -0.25) is 9.69 Å². The number of rotatable bonds is 6. The summed E-state index contributed by atoms with van der Waals surface area (Å²) in [5.74, 6) is -0.107. The Morgan fingerprint density at radius 2 is 1.64 bits per heavy atom. The first kappa shape index (κ1) is 17.6. The highest BCUT2D eigenvalue weighted by atomic mass is 16.5. The van der Waals surface area contributed by atoms with Crippen LogP contribution in [0.25, 0.3) is 0 Å². The molecular weight excluding hydrogens is 314 g/mol. The van der Waals surface area contributed by atoms with Crippen molar-refractivity contribution in [3.63, 3.8) is 0 Å². The van der Waals surface area contributed by atoms with Gasteiger partial charge in [-0.15, -0.1) is 0 Å². The average molecular weight is 339 g/mol. The number of amides is 1. The highest BCUT2D eigenvalue weighted by molar-refractivity contribution is 6.04. The molecule has 1 aliphatic heterocycles. The summed E-state index contributed by atoms with van der Waals surface area (Å²) >= 11 is 0. The molecule has 0 radical (unpaired) electrons. The van der Waals surface area contributed by atoms with Crippen LogP contribution in [0.5, 0.6) is 0 Å². The quantitative estimate of drug-likeness (QED) is 0.847. The van der Waals surface area contributed by atoms with Crippen molar-refractivity contribution in [2.45, 2.75) is 13.0 Å². The molecule has 3 N–H and O–H groups in total. The molecule has 0 unspecified atom stereocenters. The summed E-state index contributed by atoms with van der Waals surface area (Å²) in [5.41, 5.74) is 9.31. The van der Waals surface area contributed by atoms with Crippen molar-refractivity contribution in [3.05, 3.63) is 65.2 Å². The Kier molecular flexibility index (Phi) is 6.17. The molecular formula is C20H25N3O2. The largest absolute Gasteiger partial charge is 0.379 e. The van der Waals surface area contributed by atoms with Gasteiger partial charge in [-0.25, -0.2) is 0 Å². The van der Waals surface area contributed by atoms with E-state index in [1.807, 2.05) is 24.3 Å². The van der Waals surface area contributed by atoms with E-state index in [-0.39, 0.29) is 5.91 Å². The zero-order chi connectivity index (χ0) is 17.5. The van der Waals surface area contributed by atoms with Crippen LogP contribution in [0.2, 0.25) is 0 Å². The molecule has 2 aromatic carbocycles. The Morgan fingerprint density at radius 3 is 2.28 bits per heavy atom. The van der Waals surface area contributed by atoms with Crippen molar-refractivity contribution >= 4 is 11.6 Å². The van der Waals surface area contributed by atoms with Gasteiger partial charge >= 0.3 is 0 Å². The Bertz CT molecular complexity index is 677. The molecule has 0 bridgehead atoms. The van der Waals surface area contributed by atoms with Crippen LogP contribution in [0.4, 0.5) is 5.69 Å². The third kappa shape index (κ3) is 5.13. The summed E-state index contributed by atoms with van der Waals surface area (Å²) < 4.78 is 5.37. The summed E-state index contributed by atoms with van der Waals surface area (Å²) in [4.78, 5) is 14.7. The Hall–Kier alpha value is -2.21. The first-order chi connectivity index (χ1) is 12.2. The molecule has 1 aliphatic rings. The van der Waals surface area contributed by atoms with Crippen LogP contribution in [-0.2, 0) is 17.7 Å². The minimum Gasteiger partial charge on any atom is -0.379 e. The molecule has 0 atom stereocenters. The number of nitrogens with zero attached hydrogens (tertiary/aromatic N) is 1. The Morgan fingerprint density at radius 1 is 1.00 bits per heavy atom. The molecule has 0 aliphatic carbocycles. The molecule has 1 heterocycles. The van der Waals surface area contributed by atoms with Gasteiger partial charge in [0, 0.05) is 37.4 Å². The maximum Gasteiger partial charge on any atom is 0.255 e. The van der Waals surface area contributed by atoms with E-state index < -0.39 is 0 Å². The number of anilines is 1. The molecule has 0 spiro atoms. The van der Waals surface area contributed by atoms with Gasteiger partial charge < -0.3 is 15.8 Å². The highest BCUT2D eigenvalue weighted by Gasteiger charge is 2.10. The standard InChI is InChI=1S/C20H25N3O2/c21-15-17-1-5-18(6-2-17)20(24)22-19-7-3-16(4-8-19)9-10-23-11-13-25-14-12-23/h1-8H,9-15,21H2,(H,22,24). The summed E-state index contributed by atoms with van der Waals surface area (Å²) in [5, 5.41) is 2.93. The summed E-state index contributed by atoms with van der Waals surface area (Å²) in [6, 6.07) is 15.4. The second-order valence-corrected chi connectivity index (χ2v) is 6.26. The van der Waals surface area contributed by atoms with Gasteiger partial charge in [0.05, 0.1) is 13.2 Å². The number of hydrogen-bond acceptors (Lipinski definition) is 4. The van der Waals surface area contributed by atoms with Crippen LogP contribution in [0.3, 0.4) is 0 Å². The number of benzene rings is 2. The smallest absolute Gasteiger partial charge is 0.255 e. The fourth-order valence-corrected chi connectivity index (χ4v) is 2.86. The lowest BCUT2D eigenvalue weighted by atomic mass is 10.1. The van der Waals surface area contributed by atoms with Crippen molar-refractivity contribution in [1.29, 1.82) is 0 Å². The number of hydrogen-bond donors (Lipinski definition) is 2. The molecule has 25 heavy (non-hydrogen) atoms. The van der Waals surface area contributed by atoms with Gasteiger partial charge in [-0.2, -0.15) is 0 Å². The topological polar surface area (TPSA) is 67.6 Å². The fourth-order valence-electron chi connectivity index (χ4n) is 2.86. The number of nitrogens with one attached hydrogen (secondary N) is 1. The van der Waals surface area contributed by atoms with Crippen molar-refractivity contribution in [3.8, 4) is 0 Å². The van der Waals surface area contributed by atoms with E-state index in [9.17, 15) is 4.79 Å². The molecule has 1 saturated heterocycles. The lowest BCUT2D eigenvalue weighted by Gasteiger charge is -2.26. The van der Waals surface area contributed by atoms with E-state index in [1.54, 1.807) is 12.1 Å². The van der Waals surface area contributed by atoms with Gasteiger partial charge in [-0.05, 0) is 41.8 Å². The predicted molar refractivity (Wildman–Crippen MR) is 99.7 cm³/mol. The van der Waals surface area contributed by atoms with Crippen molar-refractivity contribution in [1.82, 2.24) is 4.90 Å². The van der Waals surface area contributed by atoms with Crippen LogP contribution in [0.15, 0.2) is 48.5 Å². The van der Waals surface area contributed by atoms with E-state index in [1.165, 1.54) is 5.56 Å². The van der Waals surface area contributed by atoms with Crippen LogP contribution >= 0.6 is 0 Å². The Labute approximate surface area is 148 Å². The van der Waals surface area contributed by atoms with Crippen LogP contribution in [0, 0.1) is 0 Å². The molecule has 5 nitrogen and oxygen atoms in total. The molecule has 0 saturated carbocycles. The maximum atomic E-state index is 12.3. The predicted octanol–water partition coefficient (Wildman–Crippen LogP) is 2.27. The molecule has 132 valence electrons. The Balaban J connectivity index is 1.51. The van der Waals surface area contributed by atoms with Gasteiger partial charge in [0.15, 0.2) is 0 Å². The van der Waals surface area contributed by atoms with Gasteiger partial charge in [0.1, 0.15) is 0 Å². The van der Waals surface area contributed by atoms with Crippen molar-refractivity contribution in [2.75, 3.05) is 38.2 Å². The SMILES string of the molecule is NCc1ccc(C(=O)Nc2ccc(CCN3CCOCC3)cc2)cc1.